The summed E-state index contributed by atoms with van der Waals surface area (Å²) >= 11 is 1.50. The van der Waals surface area contributed by atoms with Gasteiger partial charge < -0.3 is 10.4 Å². The van der Waals surface area contributed by atoms with E-state index in [1.54, 1.807) is 0 Å². The second-order valence-electron chi connectivity index (χ2n) is 7.66. The first kappa shape index (κ1) is 17.3. The van der Waals surface area contributed by atoms with Crippen LogP contribution in [0.1, 0.15) is 42.2 Å². The lowest BCUT2D eigenvalue weighted by Gasteiger charge is -2.23. The van der Waals surface area contributed by atoms with E-state index in [1.807, 2.05) is 12.2 Å². The van der Waals surface area contributed by atoms with Gasteiger partial charge in [0.05, 0.1) is 17.4 Å². The minimum Gasteiger partial charge on any atom is -0.481 e. The Morgan fingerprint density at radius 3 is 2.73 bits per heavy atom. The molecular weight excluding hydrogens is 348 g/mol. The Bertz CT molecular complexity index is 835. The minimum absolute atomic E-state index is 0.00862. The van der Waals surface area contributed by atoms with E-state index < -0.39 is 17.8 Å². The van der Waals surface area contributed by atoms with Crippen LogP contribution in [-0.2, 0) is 22.4 Å². The van der Waals surface area contributed by atoms with E-state index in [2.05, 4.69) is 18.3 Å². The molecule has 1 heterocycles. The van der Waals surface area contributed by atoms with Crippen molar-refractivity contribution in [2.45, 2.75) is 39.0 Å². The first-order valence-corrected chi connectivity index (χ1v) is 10.1. The Hall–Kier alpha value is -2.13. The standard InChI is InChI=1S/C20H22N2O3S/c1-2-10-3-6-13-14(9-21)19(26-15(13)7-10)22-18(23)16-11-4-5-12(8-11)17(16)20(24)25/h4-5,10-12,16-17H,2-3,6-8H2,1H3,(H,22,23)(H,24,25). The molecule has 2 N–H and O–H groups in total. The average Bonchev–Trinajstić information content (AvgIpc) is 3.32. The Balaban J connectivity index is 1.59. The summed E-state index contributed by atoms with van der Waals surface area (Å²) in [5, 5.41) is 22.7. The highest BCUT2D eigenvalue weighted by Gasteiger charge is 2.51. The predicted octanol–water partition coefficient (Wildman–Crippen LogP) is 3.60. The van der Waals surface area contributed by atoms with Crippen molar-refractivity contribution in [2.75, 3.05) is 5.32 Å². The van der Waals surface area contributed by atoms with Gasteiger partial charge in [0.1, 0.15) is 11.1 Å². The summed E-state index contributed by atoms with van der Waals surface area (Å²) in [5.41, 5.74) is 1.67. The van der Waals surface area contributed by atoms with Crippen LogP contribution in [0.25, 0.3) is 0 Å². The zero-order valence-corrected chi connectivity index (χ0v) is 15.5. The van der Waals surface area contributed by atoms with Crippen LogP contribution in [0.5, 0.6) is 0 Å². The molecule has 2 bridgehead atoms. The molecule has 0 aromatic carbocycles. The maximum absolute atomic E-state index is 12.9. The van der Waals surface area contributed by atoms with E-state index in [0.29, 0.717) is 16.5 Å². The predicted molar refractivity (Wildman–Crippen MR) is 98.8 cm³/mol. The van der Waals surface area contributed by atoms with E-state index in [1.165, 1.54) is 16.2 Å². The summed E-state index contributed by atoms with van der Waals surface area (Å²) < 4.78 is 0. The monoisotopic (exact) mass is 370 g/mol. The molecule has 5 unspecified atom stereocenters. The Kier molecular flexibility index (Phi) is 4.36. The molecule has 6 heteroatoms. The Morgan fingerprint density at radius 2 is 2.08 bits per heavy atom. The molecule has 3 aliphatic carbocycles. The summed E-state index contributed by atoms with van der Waals surface area (Å²) in [6, 6.07) is 2.27. The van der Waals surface area contributed by atoms with E-state index in [4.69, 9.17) is 0 Å². The van der Waals surface area contributed by atoms with Crippen LogP contribution in [0.2, 0.25) is 0 Å². The normalized spacial score (nSPS) is 31.5. The fourth-order valence-corrected chi connectivity index (χ4v) is 6.24. The number of nitrogens with one attached hydrogen (secondary N) is 1. The minimum atomic E-state index is -0.904. The summed E-state index contributed by atoms with van der Waals surface area (Å²) in [4.78, 5) is 25.8. The van der Waals surface area contributed by atoms with Gasteiger partial charge in [-0.2, -0.15) is 5.26 Å². The number of rotatable bonds is 4. The van der Waals surface area contributed by atoms with Gasteiger partial charge in [-0.25, -0.2) is 0 Å². The fraction of sp³-hybridized carbons (Fsp3) is 0.550. The number of aliphatic carboxylic acids is 1. The van der Waals surface area contributed by atoms with E-state index >= 15 is 0 Å². The van der Waals surface area contributed by atoms with E-state index in [9.17, 15) is 20.0 Å². The molecule has 1 saturated carbocycles. The highest BCUT2D eigenvalue weighted by molar-refractivity contribution is 7.16. The van der Waals surface area contributed by atoms with Gasteiger partial charge in [-0.1, -0.05) is 25.5 Å². The lowest BCUT2D eigenvalue weighted by Crippen LogP contribution is -2.36. The first-order chi connectivity index (χ1) is 12.5. The van der Waals surface area contributed by atoms with Gasteiger partial charge in [-0.05, 0) is 49.0 Å². The molecule has 0 radical (unpaired) electrons. The quantitative estimate of drug-likeness (QED) is 0.793. The third-order valence-corrected chi connectivity index (χ3v) is 7.51. The van der Waals surface area contributed by atoms with Crippen LogP contribution in [0.3, 0.4) is 0 Å². The van der Waals surface area contributed by atoms with Crippen molar-refractivity contribution in [2.24, 2.45) is 29.6 Å². The molecule has 1 aromatic rings. The molecule has 3 aliphatic rings. The molecule has 26 heavy (non-hydrogen) atoms. The smallest absolute Gasteiger partial charge is 0.307 e. The van der Waals surface area contributed by atoms with Gasteiger partial charge in [-0.3, -0.25) is 9.59 Å². The molecular formula is C20H22N2O3S. The van der Waals surface area contributed by atoms with Gasteiger partial charge in [-0.15, -0.1) is 11.3 Å². The Labute approximate surface area is 156 Å². The molecule has 5 nitrogen and oxygen atoms in total. The number of allylic oxidation sites excluding steroid dienone is 2. The molecule has 136 valence electrons. The summed E-state index contributed by atoms with van der Waals surface area (Å²) in [6.45, 7) is 2.19. The van der Waals surface area contributed by atoms with Crippen LogP contribution in [0.4, 0.5) is 5.00 Å². The van der Waals surface area contributed by atoms with Crippen LogP contribution >= 0.6 is 11.3 Å². The van der Waals surface area contributed by atoms with Crippen LogP contribution in [0.15, 0.2) is 12.2 Å². The van der Waals surface area contributed by atoms with Gasteiger partial charge in [0.15, 0.2) is 0 Å². The van der Waals surface area contributed by atoms with Gasteiger partial charge in [0.25, 0.3) is 0 Å². The van der Waals surface area contributed by atoms with Crippen molar-refractivity contribution in [1.82, 2.24) is 0 Å². The third-order valence-electron chi connectivity index (χ3n) is 6.34. The molecule has 5 atom stereocenters. The number of hydrogen-bond acceptors (Lipinski definition) is 4. The lowest BCUT2D eigenvalue weighted by molar-refractivity contribution is -0.146. The maximum Gasteiger partial charge on any atom is 0.307 e. The summed E-state index contributed by atoms with van der Waals surface area (Å²) in [5.74, 6) is -1.78. The molecule has 1 fully saturated rings. The van der Waals surface area contributed by atoms with Crippen molar-refractivity contribution in [3.8, 4) is 6.07 Å². The van der Waals surface area contributed by atoms with Gasteiger partial charge in [0, 0.05) is 4.88 Å². The number of carboxylic acid groups (broad SMARTS) is 1. The number of nitriles is 1. The number of anilines is 1. The number of thiophene rings is 1. The van der Waals surface area contributed by atoms with Crippen molar-refractivity contribution >= 4 is 28.2 Å². The van der Waals surface area contributed by atoms with Gasteiger partial charge >= 0.3 is 5.97 Å². The van der Waals surface area contributed by atoms with E-state index in [-0.39, 0.29) is 17.7 Å². The number of nitrogens with zero attached hydrogens (tertiary/aromatic N) is 1. The van der Waals surface area contributed by atoms with E-state index in [0.717, 1.165) is 37.7 Å². The number of amides is 1. The number of carboxylic acids is 1. The molecule has 0 saturated heterocycles. The number of carbonyl (C=O) groups excluding carboxylic acids is 1. The third kappa shape index (κ3) is 2.66. The second-order valence-corrected chi connectivity index (χ2v) is 8.77. The number of hydrogen-bond donors (Lipinski definition) is 2. The van der Waals surface area contributed by atoms with Crippen molar-refractivity contribution in [3.05, 3.63) is 28.2 Å². The molecule has 1 aromatic heterocycles. The maximum atomic E-state index is 12.9. The SMILES string of the molecule is CCC1CCc2c(sc(NC(=O)C3C4C=CC(C4)C3C(=O)O)c2C#N)C1. The largest absolute Gasteiger partial charge is 0.481 e. The first-order valence-electron chi connectivity index (χ1n) is 9.30. The molecule has 0 aliphatic heterocycles. The zero-order valence-electron chi connectivity index (χ0n) is 14.7. The van der Waals surface area contributed by atoms with Crippen molar-refractivity contribution in [3.63, 3.8) is 0 Å². The lowest BCUT2D eigenvalue weighted by atomic mass is 9.82. The fourth-order valence-electron chi connectivity index (χ4n) is 4.92. The summed E-state index contributed by atoms with van der Waals surface area (Å²) in [6.07, 6.45) is 8.71. The average molecular weight is 370 g/mol. The van der Waals surface area contributed by atoms with Crippen LogP contribution in [-0.4, -0.2) is 17.0 Å². The van der Waals surface area contributed by atoms with Crippen molar-refractivity contribution < 1.29 is 14.7 Å². The van der Waals surface area contributed by atoms with Crippen molar-refractivity contribution in [1.29, 1.82) is 5.26 Å². The number of fused-ring (bicyclic) bond motifs is 3. The van der Waals surface area contributed by atoms with Gasteiger partial charge in [0.2, 0.25) is 5.91 Å². The zero-order chi connectivity index (χ0) is 18.4. The molecule has 0 spiro atoms. The highest BCUT2D eigenvalue weighted by atomic mass is 32.1. The highest BCUT2D eigenvalue weighted by Crippen LogP contribution is 2.49. The second kappa shape index (κ2) is 6.55. The Morgan fingerprint density at radius 1 is 1.35 bits per heavy atom. The molecule has 1 amide bonds. The summed E-state index contributed by atoms with van der Waals surface area (Å²) in [7, 11) is 0. The number of carbonyl (C=O) groups is 2. The topological polar surface area (TPSA) is 90.2 Å². The molecule has 4 rings (SSSR count). The van der Waals surface area contributed by atoms with Crippen LogP contribution < -0.4 is 5.32 Å². The van der Waals surface area contributed by atoms with Crippen LogP contribution in [0, 0.1) is 40.9 Å².